The lowest BCUT2D eigenvalue weighted by molar-refractivity contribution is 0.214. The number of aryl methyl sites for hydroxylation is 1. The average molecular weight is 295 g/mol. The maximum absolute atomic E-state index is 14.5. The minimum Gasteiger partial charge on any atom is -0.310 e. The van der Waals surface area contributed by atoms with Gasteiger partial charge in [-0.25, -0.2) is 8.78 Å². The molecule has 118 valence electrons. The van der Waals surface area contributed by atoms with Gasteiger partial charge in [0, 0.05) is 11.6 Å². The van der Waals surface area contributed by atoms with Crippen LogP contribution in [0.1, 0.15) is 63.1 Å². The molecule has 1 unspecified atom stereocenters. The first-order valence-electron chi connectivity index (χ1n) is 8.26. The molecule has 0 bridgehead atoms. The molecule has 0 aliphatic heterocycles. The fourth-order valence-corrected chi connectivity index (χ4v) is 3.62. The maximum atomic E-state index is 14.5. The van der Waals surface area contributed by atoms with E-state index in [0.717, 1.165) is 25.3 Å². The third-order valence-electron chi connectivity index (χ3n) is 4.99. The van der Waals surface area contributed by atoms with Crippen LogP contribution < -0.4 is 5.32 Å². The Bertz CT molecular complexity index is 465. The molecule has 2 rings (SSSR count). The Morgan fingerprint density at radius 2 is 1.81 bits per heavy atom. The van der Waals surface area contributed by atoms with Gasteiger partial charge in [0.25, 0.3) is 0 Å². The normalized spacial score (nSPS) is 24.0. The fraction of sp³-hybridized carbons (Fsp3) is 0.667. The molecule has 3 heteroatoms. The molecule has 1 aliphatic rings. The van der Waals surface area contributed by atoms with E-state index in [1.165, 1.54) is 31.4 Å². The molecular formula is C18H27F2N. The van der Waals surface area contributed by atoms with Gasteiger partial charge < -0.3 is 5.32 Å². The molecule has 0 amide bonds. The zero-order valence-corrected chi connectivity index (χ0v) is 13.4. The molecule has 0 spiro atoms. The van der Waals surface area contributed by atoms with Gasteiger partial charge >= 0.3 is 0 Å². The van der Waals surface area contributed by atoms with Crippen LogP contribution in [-0.4, -0.2) is 6.54 Å². The highest BCUT2D eigenvalue weighted by Crippen LogP contribution is 2.39. The van der Waals surface area contributed by atoms with Crippen LogP contribution in [-0.2, 0) is 0 Å². The van der Waals surface area contributed by atoms with E-state index in [4.69, 9.17) is 0 Å². The maximum Gasteiger partial charge on any atom is 0.133 e. The van der Waals surface area contributed by atoms with Crippen LogP contribution in [0, 0.1) is 30.4 Å². The van der Waals surface area contributed by atoms with E-state index >= 15 is 0 Å². The van der Waals surface area contributed by atoms with Crippen molar-refractivity contribution in [3.8, 4) is 0 Å². The van der Waals surface area contributed by atoms with Gasteiger partial charge in [-0.2, -0.15) is 0 Å². The molecule has 1 atom stereocenters. The zero-order chi connectivity index (χ0) is 15.4. The van der Waals surface area contributed by atoms with Gasteiger partial charge in [0.15, 0.2) is 0 Å². The summed E-state index contributed by atoms with van der Waals surface area (Å²) in [6.07, 6.45) is 5.69. The van der Waals surface area contributed by atoms with Gasteiger partial charge in [-0.3, -0.25) is 0 Å². The van der Waals surface area contributed by atoms with Crippen molar-refractivity contribution >= 4 is 0 Å². The van der Waals surface area contributed by atoms with Crippen molar-refractivity contribution in [3.05, 3.63) is 34.9 Å². The van der Waals surface area contributed by atoms with E-state index in [0.29, 0.717) is 11.5 Å². The Kier molecular flexibility index (Phi) is 5.74. The van der Waals surface area contributed by atoms with Crippen LogP contribution in [0.2, 0.25) is 0 Å². The molecule has 1 aliphatic carbocycles. The van der Waals surface area contributed by atoms with E-state index in [2.05, 4.69) is 12.2 Å². The monoisotopic (exact) mass is 295 g/mol. The minimum atomic E-state index is -0.415. The second-order valence-corrected chi connectivity index (χ2v) is 6.32. The summed E-state index contributed by atoms with van der Waals surface area (Å²) in [5.41, 5.74) is 0.772. The van der Waals surface area contributed by atoms with Crippen molar-refractivity contribution in [3.63, 3.8) is 0 Å². The van der Waals surface area contributed by atoms with Crippen LogP contribution >= 0.6 is 0 Å². The molecule has 0 saturated heterocycles. The van der Waals surface area contributed by atoms with E-state index < -0.39 is 5.82 Å². The topological polar surface area (TPSA) is 12.0 Å². The molecule has 1 aromatic rings. The number of hydrogen-bond acceptors (Lipinski definition) is 1. The zero-order valence-electron chi connectivity index (χ0n) is 13.4. The third-order valence-corrected chi connectivity index (χ3v) is 4.99. The van der Waals surface area contributed by atoms with Gasteiger partial charge in [-0.1, -0.05) is 39.2 Å². The smallest absolute Gasteiger partial charge is 0.133 e. The Morgan fingerprint density at radius 1 is 1.14 bits per heavy atom. The van der Waals surface area contributed by atoms with Gasteiger partial charge in [-0.15, -0.1) is 0 Å². The van der Waals surface area contributed by atoms with Crippen molar-refractivity contribution in [2.24, 2.45) is 11.8 Å². The number of nitrogens with one attached hydrogen (secondary N) is 1. The average Bonchev–Trinajstić information content (AvgIpc) is 2.50. The third kappa shape index (κ3) is 3.63. The molecule has 0 radical (unpaired) electrons. The Labute approximate surface area is 127 Å². The largest absolute Gasteiger partial charge is 0.310 e. The number of hydrogen-bond donors (Lipinski definition) is 1. The second-order valence-electron chi connectivity index (χ2n) is 6.32. The predicted molar refractivity (Wildman–Crippen MR) is 83.3 cm³/mol. The summed E-state index contributed by atoms with van der Waals surface area (Å²) in [6, 6.07) is 2.72. The summed E-state index contributed by atoms with van der Waals surface area (Å²) in [5.74, 6) is 0.328. The first-order valence-corrected chi connectivity index (χ1v) is 8.26. The minimum absolute atomic E-state index is 0.201. The standard InChI is InChI=1S/C18H27F2N/c1-4-13-7-9-14(10-8-13)18(21-5-2)16-15(19)11-6-12(3)17(16)20/h6,11,13-14,18,21H,4-5,7-10H2,1-3H3. The van der Waals surface area contributed by atoms with Crippen LogP contribution in [0.5, 0.6) is 0 Å². The van der Waals surface area contributed by atoms with Crippen LogP contribution in [0.4, 0.5) is 8.78 Å². The quantitative estimate of drug-likeness (QED) is 0.793. The number of rotatable bonds is 5. The van der Waals surface area contributed by atoms with E-state index in [1.807, 2.05) is 6.92 Å². The van der Waals surface area contributed by atoms with E-state index in [1.54, 1.807) is 6.92 Å². The Balaban J connectivity index is 2.26. The molecular weight excluding hydrogens is 268 g/mol. The highest BCUT2D eigenvalue weighted by atomic mass is 19.1. The van der Waals surface area contributed by atoms with Gasteiger partial charge in [0.05, 0.1) is 0 Å². The van der Waals surface area contributed by atoms with Gasteiger partial charge in [-0.05, 0) is 49.8 Å². The Morgan fingerprint density at radius 3 is 2.38 bits per heavy atom. The van der Waals surface area contributed by atoms with Gasteiger partial charge in [0.1, 0.15) is 11.6 Å². The molecule has 1 fully saturated rings. The summed E-state index contributed by atoms with van der Waals surface area (Å²) in [4.78, 5) is 0. The number of benzene rings is 1. The van der Waals surface area contributed by atoms with E-state index in [9.17, 15) is 8.78 Å². The molecule has 1 N–H and O–H groups in total. The summed E-state index contributed by atoms with van der Waals surface area (Å²) in [5, 5.41) is 3.33. The molecule has 0 aromatic heterocycles. The summed E-state index contributed by atoms with van der Waals surface area (Å²) in [6.45, 7) is 6.66. The first-order chi connectivity index (χ1) is 10.1. The van der Waals surface area contributed by atoms with Crippen LogP contribution in [0.3, 0.4) is 0 Å². The van der Waals surface area contributed by atoms with Crippen molar-refractivity contribution < 1.29 is 8.78 Å². The SMILES string of the molecule is CCNC(c1c(F)ccc(C)c1F)C1CCC(CC)CC1. The molecule has 1 aromatic carbocycles. The summed E-state index contributed by atoms with van der Waals surface area (Å²) < 4.78 is 28.7. The second kappa shape index (κ2) is 7.35. The lowest BCUT2D eigenvalue weighted by atomic mass is 9.75. The van der Waals surface area contributed by atoms with Crippen LogP contribution in [0.15, 0.2) is 12.1 Å². The summed E-state index contributed by atoms with van der Waals surface area (Å²) in [7, 11) is 0. The lowest BCUT2D eigenvalue weighted by Crippen LogP contribution is -2.32. The molecule has 21 heavy (non-hydrogen) atoms. The fourth-order valence-electron chi connectivity index (χ4n) is 3.62. The first kappa shape index (κ1) is 16.4. The highest BCUT2D eigenvalue weighted by molar-refractivity contribution is 5.30. The van der Waals surface area contributed by atoms with Crippen molar-refractivity contribution in [2.75, 3.05) is 6.54 Å². The van der Waals surface area contributed by atoms with Crippen LogP contribution in [0.25, 0.3) is 0 Å². The molecule has 1 saturated carbocycles. The number of halogens is 2. The summed E-state index contributed by atoms with van der Waals surface area (Å²) >= 11 is 0. The van der Waals surface area contributed by atoms with Crippen molar-refractivity contribution in [1.29, 1.82) is 0 Å². The van der Waals surface area contributed by atoms with Crippen molar-refractivity contribution in [1.82, 2.24) is 5.32 Å². The van der Waals surface area contributed by atoms with Crippen molar-refractivity contribution in [2.45, 2.75) is 58.9 Å². The predicted octanol–water partition coefficient (Wildman–Crippen LogP) is 5.14. The van der Waals surface area contributed by atoms with Gasteiger partial charge in [0.2, 0.25) is 0 Å². The lowest BCUT2D eigenvalue weighted by Gasteiger charge is -2.34. The Hall–Kier alpha value is -0.960. The van der Waals surface area contributed by atoms with E-state index in [-0.39, 0.29) is 17.4 Å². The molecule has 1 nitrogen and oxygen atoms in total. The molecule has 0 heterocycles. The highest BCUT2D eigenvalue weighted by Gasteiger charge is 2.31.